The first-order valence-corrected chi connectivity index (χ1v) is 10.9. The molecule has 28 heavy (non-hydrogen) atoms. The molecule has 0 bridgehead atoms. The first-order valence-electron chi connectivity index (χ1n) is 8.20. The molecule has 0 heterocycles. The topological polar surface area (TPSA) is 75.3 Å². The molecule has 0 unspecified atom stereocenters. The third kappa shape index (κ3) is 4.92. The summed E-state index contributed by atoms with van der Waals surface area (Å²) in [5.74, 6) is -0.367. The molecule has 0 spiro atoms. The third-order valence-corrected chi connectivity index (χ3v) is 6.13. The van der Waals surface area contributed by atoms with E-state index in [9.17, 15) is 13.2 Å². The van der Waals surface area contributed by atoms with Crippen LogP contribution >= 0.6 is 27.5 Å². The molecule has 3 aromatic carbocycles. The Balaban J connectivity index is 1.73. The van der Waals surface area contributed by atoms with E-state index < -0.39 is 10.0 Å². The number of benzene rings is 3. The van der Waals surface area contributed by atoms with Gasteiger partial charge in [-0.2, -0.15) is 0 Å². The highest BCUT2D eigenvalue weighted by molar-refractivity contribution is 9.10. The second-order valence-corrected chi connectivity index (χ2v) is 9.08. The molecule has 0 aromatic heterocycles. The maximum absolute atomic E-state index is 12.5. The molecule has 0 saturated carbocycles. The molecule has 0 atom stereocenters. The van der Waals surface area contributed by atoms with Gasteiger partial charge in [0.1, 0.15) is 0 Å². The highest BCUT2D eigenvalue weighted by atomic mass is 79.9. The highest BCUT2D eigenvalue weighted by Crippen LogP contribution is 2.22. The smallest absolute Gasteiger partial charge is 0.261 e. The van der Waals surface area contributed by atoms with Crippen molar-refractivity contribution < 1.29 is 13.2 Å². The van der Waals surface area contributed by atoms with Gasteiger partial charge in [-0.3, -0.25) is 9.52 Å². The van der Waals surface area contributed by atoms with Gasteiger partial charge < -0.3 is 5.32 Å². The predicted octanol–water partition coefficient (Wildman–Crippen LogP) is 5.46. The molecular formula is C20H16BrClN2O3S. The van der Waals surface area contributed by atoms with Gasteiger partial charge in [0.05, 0.1) is 15.5 Å². The molecule has 8 heteroatoms. The van der Waals surface area contributed by atoms with E-state index >= 15 is 0 Å². The summed E-state index contributed by atoms with van der Waals surface area (Å²) < 4.78 is 28.3. The molecule has 2 N–H and O–H groups in total. The standard InChI is InChI=1S/C20H16BrClN2O3S/c1-13-2-11-18(19(22)12-13)20(25)23-15-7-9-17(10-8-15)28(26,27)24-16-5-3-14(21)4-6-16/h2-12,24H,1H3,(H,23,25). The summed E-state index contributed by atoms with van der Waals surface area (Å²) >= 11 is 9.41. The highest BCUT2D eigenvalue weighted by Gasteiger charge is 2.15. The quantitative estimate of drug-likeness (QED) is 0.510. The number of nitrogens with one attached hydrogen (secondary N) is 2. The number of halogens is 2. The molecule has 0 radical (unpaired) electrons. The Labute approximate surface area is 176 Å². The van der Waals surface area contributed by atoms with Gasteiger partial charge in [-0.1, -0.05) is 33.6 Å². The van der Waals surface area contributed by atoms with Gasteiger partial charge in [-0.15, -0.1) is 0 Å². The average Bonchev–Trinajstić information content (AvgIpc) is 2.64. The fourth-order valence-electron chi connectivity index (χ4n) is 2.45. The maximum Gasteiger partial charge on any atom is 0.261 e. The lowest BCUT2D eigenvalue weighted by Crippen LogP contribution is -2.14. The van der Waals surface area contributed by atoms with Gasteiger partial charge >= 0.3 is 0 Å². The molecule has 144 valence electrons. The molecule has 0 aliphatic rings. The number of carbonyl (C=O) groups excluding carboxylic acids is 1. The number of amides is 1. The van der Waals surface area contributed by atoms with Crippen LogP contribution in [0.4, 0.5) is 11.4 Å². The van der Waals surface area contributed by atoms with Crippen LogP contribution in [0.5, 0.6) is 0 Å². The Hall–Kier alpha value is -2.35. The molecule has 3 rings (SSSR count). The lowest BCUT2D eigenvalue weighted by molar-refractivity contribution is 0.102. The van der Waals surface area contributed by atoms with Crippen LogP contribution in [-0.2, 0) is 10.0 Å². The second-order valence-electron chi connectivity index (χ2n) is 6.07. The van der Waals surface area contributed by atoms with Crippen molar-refractivity contribution in [2.24, 2.45) is 0 Å². The van der Waals surface area contributed by atoms with E-state index in [1.54, 1.807) is 42.5 Å². The number of carbonyl (C=O) groups is 1. The summed E-state index contributed by atoms with van der Waals surface area (Å²) in [4.78, 5) is 12.5. The van der Waals surface area contributed by atoms with Gasteiger partial charge in [-0.05, 0) is 73.2 Å². The summed E-state index contributed by atoms with van der Waals surface area (Å²) in [5.41, 5.74) is 2.22. The van der Waals surface area contributed by atoms with Crippen LogP contribution in [0.25, 0.3) is 0 Å². The van der Waals surface area contributed by atoms with Crippen molar-refractivity contribution in [2.45, 2.75) is 11.8 Å². The first-order chi connectivity index (χ1) is 13.2. The third-order valence-electron chi connectivity index (χ3n) is 3.89. The van der Waals surface area contributed by atoms with Crippen LogP contribution < -0.4 is 10.0 Å². The Bertz CT molecular complexity index is 1120. The molecule has 5 nitrogen and oxygen atoms in total. The fraction of sp³-hybridized carbons (Fsp3) is 0.0500. The number of rotatable bonds is 5. The van der Waals surface area contributed by atoms with Gasteiger partial charge in [0.25, 0.3) is 15.9 Å². The number of hydrogen-bond donors (Lipinski definition) is 2. The molecular weight excluding hydrogens is 464 g/mol. The number of aryl methyl sites for hydroxylation is 1. The minimum absolute atomic E-state index is 0.0850. The summed E-state index contributed by atoms with van der Waals surface area (Å²) in [5, 5.41) is 3.07. The van der Waals surface area contributed by atoms with E-state index in [2.05, 4.69) is 26.0 Å². The van der Waals surface area contributed by atoms with Gasteiger partial charge in [0.15, 0.2) is 0 Å². The lowest BCUT2D eigenvalue weighted by Gasteiger charge is -2.10. The first kappa shape index (κ1) is 20.4. The minimum Gasteiger partial charge on any atom is -0.322 e. The average molecular weight is 480 g/mol. The van der Waals surface area contributed by atoms with Crippen LogP contribution in [-0.4, -0.2) is 14.3 Å². The number of sulfonamides is 1. The largest absolute Gasteiger partial charge is 0.322 e. The molecule has 3 aromatic rings. The van der Waals surface area contributed by atoms with Gasteiger partial charge in [0.2, 0.25) is 0 Å². The molecule has 1 amide bonds. The van der Waals surface area contributed by atoms with Crippen LogP contribution in [0.15, 0.2) is 76.1 Å². The Morgan fingerprint density at radius 3 is 2.14 bits per heavy atom. The van der Waals surface area contributed by atoms with Crippen molar-refractivity contribution in [1.82, 2.24) is 0 Å². The van der Waals surface area contributed by atoms with Crippen LogP contribution in [0, 0.1) is 6.92 Å². The minimum atomic E-state index is -3.73. The number of hydrogen-bond acceptors (Lipinski definition) is 3. The van der Waals surface area contributed by atoms with Crippen molar-refractivity contribution in [3.8, 4) is 0 Å². The molecule has 0 fully saturated rings. The zero-order valence-corrected chi connectivity index (χ0v) is 17.9. The Morgan fingerprint density at radius 1 is 0.929 bits per heavy atom. The van der Waals surface area contributed by atoms with E-state index in [1.807, 2.05) is 6.92 Å². The molecule has 0 saturated heterocycles. The van der Waals surface area contributed by atoms with Gasteiger partial charge in [0, 0.05) is 15.8 Å². The SMILES string of the molecule is Cc1ccc(C(=O)Nc2ccc(S(=O)(=O)Nc3ccc(Br)cc3)cc2)c(Cl)c1. The van der Waals surface area contributed by atoms with Crippen LogP contribution in [0.2, 0.25) is 5.02 Å². The van der Waals surface area contributed by atoms with Crippen molar-refractivity contribution >= 4 is 54.8 Å². The van der Waals surface area contributed by atoms with E-state index in [1.165, 1.54) is 24.3 Å². The lowest BCUT2D eigenvalue weighted by atomic mass is 10.1. The predicted molar refractivity (Wildman–Crippen MR) is 116 cm³/mol. The van der Waals surface area contributed by atoms with E-state index in [0.29, 0.717) is 22.0 Å². The number of anilines is 2. The normalized spacial score (nSPS) is 11.1. The zero-order valence-electron chi connectivity index (χ0n) is 14.7. The second kappa shape index (κ2) is 8.34. The van der Waals surface area contributed by atoms with Crippen LogP contribution in [0.3, 0.4) is 0 Å². The van der Waals surface area contributed by atoms with Gasteiger partial charge in [-0.25, -0.2) is 8.42 Å². The van der Waals surface area contributed by atoms with Crippen molar-refractivity contribution in [3.63, 3.8) is 0 Å². The van der Waals surface area contributed by atoms with E-state index in [4.69, 9.17) is 11.6 Å². The van der Waals surface area contributed by atoms with Crippen molar-refractivity contribution in [1.29, 1.82) is 0 Å². The van der Waals surface area contributed by atoms with E-state index in [0.717, 1.165) is 10.0 Å². The monoisotopic (exact) mass is 478 g/mol. The zero-order chi connectivity index (χ0) is 20.3. The summed E-state index contributed by atoms with van der Waals surface area (Å²) in [6.07, 6.45) is 0. The van der Waals surface area contributed by atoms with Crippen LogP contribution in [0.1, 0.15) is 15.9 Å². The summed E-state index contributed by atoms with van der Waals surface area (Å²) in [6.45, 7) is 1.88. The molecule has 0 aliphatic carbocycles. The summed E-state index contributed by atoms with van der Waals surface area (Å²) in [7, 11) is -3.73. The fourth-order valence-corrected chi connectivity index (χ4v) is 4.10. The summed E-state index contributed by atoms with van der Waals surface area (Å²) in [6, 6.07) is 17.8. The Kier molecular flexibility index (Phi) is 6.07. The molecule has 0 aliphatic heterocycles. The van der Waals surface area contributed by atoms with E-state index in [-0.39, 0.29) is 10.8 Å². The Morgan fingerprint density at radius 2 is 1.54 bits per heavy atom. The maximum atomic E-state index is 12.5. The van der Waals surface area contributed by atoms with Crippen molar-refractivity contribution in [2.75, 3.05) is 10.0 Å². The van der Waals surface area contributed by atoms with Crippen molar-refractivity contribution in [3.05, 3.63) is 87.4 Å².